The van der Waals surface area contributed by atoms with E-state index in [9.17, 15) is 0 Å². The molecule has 0 bridgehead atoms. The van der Waals surface area contributed by atoms with E-state index in [1.165, 1.54) is 74.8 Å². The summed E-state index contributed by atoms with van der Waals surface area (Å²) in [6.07, 6.45) is 2.35. The Labute approximate surface area is 347 Å². The van der Waals surface area contributed by atoms with Gasteiger partial charge in [0.25, 0.3) is 0 Å². The highest BCUT2D eigenvalue weighted by molar-refractivity contribution is 7.19. The molecule has 0 radical (unpaired) electrons. The van der Waals surface area contributed by atoms with Gasteiger partial charge in [-0.1, -0.05) is 160 Å². The maximum atomic E-state index is 6.76. The molecule has 0 aliphatic carbocycles. The quantitative estimate of drug-likeness (QED) is 0.156. The van der Waals surface area contributed by atoms with Gasteiger partial charge in [-0.25, -0.2) is 0 Å². The average Bonchev–Trinajstić information content (AvgIpc) is 3.81. The minimum Gasteiger partial charge on any atom is -0.454 e. The molecule has 282 valence electrons. The fourth-order valence-electron chi connectivity index (χ4n) is 9.19. The number of nitrogens with zero attached hydrogens (tertiary/aromatic N) is 1. The first-order valence-electron chi connectivity index (χ1n) is 20.4. The standard InChI is InChI=1S/C56H41NOS/c1-34(2)37-26-29-40(30-27-37)57(51-22-13-21-48-42-16-11-12-23-52(42)58-56(48)51)55-46-19-9-7-17-44(46)54(45-18-8-10-20-47(45)55)39-28-31-43-50(36(4)59-53(43)32-39)33-49-35(3)24-25-38-14-5-6-15-41(38)49/h5-34H,3H2,1-2,4H3/b49-33+. The van der Waals surface area contributed by atoms with Crippen molar-refractivity contribution in [1.82, 2.24) is 0 Å². The van der Waals surface area contributed by atoms with Crippen molar-refractivity contribution < 1.29 is 4.42 Å². The number of rotatable bonds is 6. The normalized spacial score (nSPS) is 12.3. The molecule has 0 aliphatic heterocycles. The monoisotopic (exact) mass is 775 g/mol. The second-order valence-corrected chi connectivity index (χ2v) is 17.2. The summed E-state index contributed by atoms with van der Waals surface area (Å²) >= 11 is 1.87. The number of hydrogen-bond acceptors (Lipinski definition) is 3. The fraction of sp³-hybridized carbons (Fsp3) is 0.0714. The molecule has 11 rings (SSSR count). The smallest absolute Gasteiger partial charge is 0.159 e. The lowest BCUT2D eigenvalue weighted by molar-refractivity contribution is 0.669. The van der Waals surface area contributed by atoms with Gasteiger partial charge in [-0.3, -0.25) is 0 Å². The number of furan rings is 1. The molecule has 0 saturated carbocycles. The molecule has 0 amide bonds. The van der Waals surface area contributed by atoms with Crippen molar-refractivity contribution in [3.63, 3.8) is 0 Å². The van der Waals surface area contributed by atoms with Crippen LogP contribution < -0.4 is 15.3 Å². The van der Waals surface area contributed by atoms with Crippen LogP contribution in [0.2, 0.25) is 0 Å². The van der Waals surface area contributed by atoms with Gasteiger partial charge in [0.1, 0.15) is 5.58 Å². The minimum atomic E-state index is 0.426. The van der Waals surface area contributed by atoms with Crippen LogP contribution in [-0.4, -0.2) is 0 Å². The van der Waals surface area contributed by atoms with Crippen LogP contribution in [0.15, 0.2) is 174 Å². The second-order valence-electron chi connectivity index (χ2n) is 15.9. The Morgan fingerprint density at radius 3 is 1.97 bits per heavy atom. The van der Waals surface area contributed by atoms with E-state index in [1.54, 1.807) is 0 Å². The van der Waals surface area contributed by atoms with Crippen molar-refractivity contribution in [2.24, 2.45) is 0 Å². The van der Waals surface area contributed by atoms with E-state index in [0.717, 1.165) is 44.2 Å². The molecule has 2 aromatic heterocycles. The summed E-state index contributed by atoms with van der Waals surface area (Å²) in [5.41, 5.74) is 10.0. The fourth-order valence-corrected chi connectivity index (χ4v) is 10.3. The molecular formula is C56H41NOS. The lowest BCUT2D eigenvalue weighted by Gasteiger charge is -2.29. The Hall–Kier alpha value is -6.94. The van der Waals surface area contributed by atoms with Gasteiger partial charge in [0.15, 0.2) is 5.58 Å². The van der Waals surface area contributed by atoms with Crippen molar-refractivity contribution in [3.05, 3.63) is 196 Å². The van der Waals surface area contributed by atoms with Gasteiger partial charge >= 0.3 is 0 Å². The summed E-state index contributed by atoms with van der Waals surface area (Å²) in [6, 6.07) is 61.8. The lowest BCUT2D eigenvalue weighted by atomic mass is 9.89. The van der Waals surface area contributed by atoms with Gasteiger partial charge in [-0.05, 0) is 103 Å². The van der Waals surface area contributed by atoms with Crippen LogP contribution in [0.25, 0.3) is 88.1 Å². The summed E-state index contributed by atoms with van der Waals surface area (Å²) in [5, 5.41) is 12.9. The Morgan fingerprint density at radius 1 is 0.593 bits per heavy atom. The first kappa shape index (κ1) is 35.2. The highest BCUT2D eigenvalue weighted by Crippen LogP contribution is 2.50. The van der Waals surface area contributed by atoms with E-state index >= 15 is 0 Å². The second kappa shape index (κ2) is 13.9. The molecule has 0 spiro atoms. The van der Waals surface area contributed by atoms with Gasteiger partial charge in [0.05, 0.1) is 11.4 Å². The topological polar surface area (TPSA) is 16.4 Å². The molecule has 3 heteroatoms. The number of hydrogen-bond donors (Lipinski definition) is 0. The zero-order chi connectivity index (χ0) is 39.8. The number of anilines is 3. The lowest BCUT2D eigenvalue weighted by Crippen LogP contribution is -2.23. The van der Waals surface area contributed by atoms with Crippen LogP contribution in [0.1, 0.15) is 35.8 Å². The highest BCUT2D eigenvalue weighted by atomic mass is 32.1. The molecule has 0 atom stereocenters. The van der Waals surface area contributed by atoms with Gasteiger partial charge in [0.2, 0.25) is 0 Å². The zero-order valence-corrected chi connectivity index (χ0v) is 34.1. The molecule has 0 saturated heterocycles. The van der Waals surface area contributed by atoms with Gasteiger partial charge in [0, 0.05) is 42.2 Å². The third-order valence-electron chi connectivity index (χ3n) is 12.1. The van der Waals surface area contributed by atoms with Crippen molar-refractivity contribution in [1.29, 1.82) is 0 Å². The third kappa shape index (κ3) is 5.68. The largest absolute Gasteiger partial charge is 0.454 e. The first-order valence-corrected chi connectivity index (χ1v) is 21.2. The Kier molecular flexibility index (Phi) is 8.28. The zero-order valence-electron chi connectivity index (χ0n) is 33.3. The van der Waals surface area contributed by atoms with E-state index in [1.807, 2.05) is 17.4 Å². The van der Waals surface area contributed by atoms with Crippen LogP contribution in [0.5, 0.6) is 0 Å². The van der Waals surface area contributed by atoms with Crippen LogP contribution in [0.4, 0.5) is 17.1 Å². The number of aryl methyl sites for hydroxylation is 1. The van der Waals surface area contributed by atoms with E-state index in [0.29, 0.717) is 5.92 Å². The van der Waals surface area contributed by atoms with Crippen LogP contribution in [-0.2, 0) is 0 Å². The van der Waals surface area contributed by atoms with E-state index in [4.69, 9.17) is 4.42 Å². The Bertz CT molecular complexity index is 3510. The minimum absolute atomic E-state index is 0.426. The highest BCUT2D eigenvalue weighted by Gasteiger charge is 2.25. The third-order valence-corrected chi connectivity index (χ3v) is 13.2. The van der Waals surface area contributed by atoms with Crippen molar-refractivity contribution >= 4 is 105 Å². The van der Waals surface area contributed by atoms with Crippen molar-refractivity contribution in [2.75, 3.05) is 4.90 Å². The van der Waals surface area contributed by atoms with Gasteiger partial charge in [-0.15, -0.1) is 11.3 Å². The van der Waals surface area contributed by atoms with Gasteiger partial charge in [-0.2, -0.15) is 0 Å². The molecule has 2 heterocycles. The molecule has 0 N–H and O–H groups in total. The van der Waals surface area contributed by atoms with Crippen LogP contribution >= 0.6 is 11.3 Å². The van der Waals surface area contributed by atoms with E-state index in [-0.39, 0.29) is 0 Å². The summed E-state index contributed by atoms with van der Waals surface area (Å²) in [5.74, 6) is 0.426. The molecule has 0 aliphatic rings. The van der Waals surface area contributed by atoms with Crippen molar-refractivity contribution in [2.45, 2.75) is 26.7 Å². The van der Waals surface area contributed by atoms with E-state index in [2.05, 4.69) is 202 Å². The maximum absolute atomic E-state index is 6.76. The molecule has 11 aromatic rings. The number of fused-ring (bicyclic) bond motifs is 7. The molecule has 0 unspecified atom stereocenters. The molecule has 9 aromatic carbocycles. The molecule has 0 fully saturated rings. The van der Waals surface area contributed by atoms with Crippen LogP contribution in [0, 0.1) is 6.92 Å². The number of benzene rings is 9. The number of para-hydroxylation sites is 2. The molecular weight excluding hydrogens is 735 g/mol. The average molecular weight is 776 g/mol. The summed E-state index contributed by atoms with van der Waals surface area (Å²) < 4.78 is 8.03. The van der Waals surface area contributed by atoms with Gasteiger partial charge < -0.3 is 9.32 Å². The van der Waals surface area contributed by atoms with E-state index < -0.39 is 0 Å². The molecule has 59 heavy (non-hydrogen) atoms. The predicted octanol–water partition coefficient (Wildman–Crippen LogP) is 15.1. The summed E-state index contributed by atoms with van der Waals surface area (Å²) in [7, 11) is 0. The number of thiophene rings is 1. The first-order chi connectivity index (χ1) is 28.9. The molecule has 2 nitrogen and oxygen atoms in total. The summed E-state index contributed by atoms with van der Waals surface area (Å²) in [6.45, 7) is 11.2. The van der Waals surface area contributed by atoms with Crippen molar-refractivity contribution in [3.8, 4) is 11.1 Å². The summed E-state index contributed by atoms with van der Waals surface area (Å²) in [4.78, 5) is 3.73. The SMILES string of the molecule is C=c1ccc2ccccc2/c1=C/c1c(C)sc2cc(-c3c4ccccc4c(N(c4ccc(C(C)C)cc4)c4cccc5c4oc4ccccc45)c4ccccc34)ccc12. The van der Waals surface area contributed by atoms with Crippen LogP contribution in [0.3, 0.4) is 0 Å². The Morgan fingerprint density at radius 2 is 1.24 bits per heavy atom. The maximum Gasteiger partial charge on any atom is 0.159 e. The predicted molar refractivity (Wildman–Crippen MR) is 255 cm³/mol. The Balaban J connectivity index is 1.16.